The summed E-state index contributed by atoms with van der Waals surface area (Å²) in [6.45, 7) is 7.09. The van der Waals surface area contributed by atoms with Gasteiger partial charge in [0, 0.05) is 44.3 Å². The van der Waals surface area contributed by atoms with Gasteiger partial charge in [-0.3, -0.25) is 9.59 Å². The highest BCUT2D eigenvalue weighted by molar-refractivity contribution is 8.02. The monoisotopic (exact) mass is 484 g/mol. The average molecular weight is 485 g/mol. The molecule has 0 radical (unpaired) electrons. The largest absolute Gasteiger partial charge is 0.342 e. The van der Waals surface area contributed by atoms with Gasteiger partial charge in [-0.25, -0.2) is 4.79 Å². The number of thioether (sulfide) groups is 1. The maximum atomic E-state index is 13.2. The quantitative estimate of drug-likeness (QED) is 0.654. The molecule has 1 saturated carbocycles. The third kappa shape index (κ3) is 4.41. The number of nitrogens with one attached hydrogen (secondary N) is 1. The number of benzene rings is 1. The lowest BCUT2D eigenvalue weighted by molar-refractivity contribution is -0.138. The molecule has 7 nitrogen and oxygen atoms in total. The van der Waals surface area contributed by atoms with Crippen LogP contribution in [-0.2, 0) is 16.1 Å². The summed E-state index contributed by atoms with van der Waals surface area (Å²) in [5.41, 5.74) is 2.02. The first-order valence-electron chi connectivity index (χ1n) is 12.8. The fourth-order valence-electron chi connectivity index (χ4n) is 5.68. The molecule has 34 heavy (non-hydrogen) atoms. The van der Waals surface area contributed by atoms with Gasteiger partial charge in [0.1, 0.15) is 0 Å². The van der Waals surface area contributed by atoms with Gasteiger partial charge in [-0.1, -0.05) is 32.0 Å². The van der Waals surface area contributed by atoms with Gasteiger partial charge in [0.15, 0.2) is 0 Å². The summed E-state index contributed by atoms with van der Waals surface area (Å²) in [7, 11) is 0. The van der Waals surface area contributed by atoms with E-state index in [1.54, 1.807) is 11.8 Å². The molecular weight excluding hydrogens is 448 g/mol. The number of para-hydroxylation sites is 1. The maximum Gasteiger partial charge on any atom is 0.322 e. The molecule has 2 saturated heterocycles. The lowest BCUT2D eigenvalue weighted by atomic mass is 9.89. The first kappa shape index (κ1) is 23.5. The molecule has 3 fully saturated rings. The van der Waals surface area contributed by atoms with E-state index in [-0.39, 0.29) is 34.0 Å². The zero-order valence-electron chi connectivity index (χ0n) is 20.3. The maximum absolute atomic E-state index is 13.2. The number of anilines is 1. The van der Waals surface area contributed by atoms with Crippen LogP contribution in [0.5, 0.6) is 0 Å². The Labute approximate surface area is 206 Å². The van der Waals surface area contributed by atoms with Crippen LogP contribution in [0.3, 0.4) is 0 Å². The first-order valence-corrected chi connectivity index (χ1v) is 13.7. The molecule has 4 amide bonds. The Hall–Kier alpha value is -2.22. The second-order valence-corrected chi connectivity index (χ2v) is 12.2. The van der Waals surface area contributed by atoms with Crippen molar-refractivity contribution in [3.8, 4) is 0 Å². The van der Waals surface area contributed by atoms with Crippen molar-refractivity contribution in [1.29, 1.82) is 0 Å². The van der Waals surface area contributed by atoms with Gasteiger partial charge in [-0.05, 0) is 56.1 Å². The summed E-state index contributed by atoms with van der Waals surface area (Å²) >= 11 is 1.74. The SMILES string of the molecule is CC(C)CCN1C(=O)C(CC(=O)N2CCC(N3Cc4ccccc4NC3=O)CC2)SC12CCC2. The van der Waals surface area contributed by atoms with Crippen LogP contribution in [0.15, 0.2) is 24.3 Å². The molecule has 0 bridgehead atoms. The summed E-state index contributed by atoms with van der Waals surface area (Å²) in [6, 6.07) is 7.99. The Bertz CT molecular complexity index is 955. The number of amides is 4. The van der Waals surface area contributed by atoms with Crippen molar-refractivity contribution < 1.29 is 14.4 Å². The Morgan fingerprint density at radius 1 is 1.18 bits per heavy atom. The van der Waals surface area contributed by atoms with Crippen LogP contribution in [0.4, 0.5) is 10.5 Å². The predicted molar refractivity (Wildman–Crippen MR) is 134 cm³/mol. The van der Waals surface area contributed by atoms with Crippen LogP contribution in [-0.4, -0.2) is 68.3 Å². The van der Waals surface area contributed by atoms with Gasteiger partial charge in [0.25, 0.3) is 0 Å². The Balaban J connectivity index is 1.15. The number of piperidine rings is 1. The highest BCUT2D eigenvalue weighted by atomic mass is 32.2. The molecule has 8 heteroatoms. The number of hydrogen-bond donors (Lipinski definition) is 1. The molecule has 1 aromatic carbocycles. The Morgan fingerprint density at radius 2 is 1.91 bits per heavy atom. The van der Waals surface area contributed by atoms with Crippen LogP contribution in [0.1, 0.15) is 64.4 Å². The third-order valence-electron chi connectivity index (χ3n) is 7.94. The average Bonchev–Trinajstić information content (AvgIpc) is 3.09. The van der Waals surface area contributed by atoms with E-state index in [0.29, 0.717) is 32.0 Å². The summed E-state index contributed by atoms with van der Waals surface area (Å²) in [6.07, 6.45) is 6.13. The van der Waals surface area contributed by atoms with Crippen molar-refractivity contribution in [2.75, 3.05) is 25.0 Å². The molecule has 0 aromatic heterocycles. The lowest BCUT2D eigenvalue weighted by Gasteiger charge is -2.44. The van der Waals surface area contributed by atoms with E-state index in [9.17, 15) is 14.4 Å². The normalized spacial score (nSPS) is 24.4. The highest BCUT2D eigenvalue weighted by Gasteiger charge is 2.55. The number of likely N-dealkylation sites (tertiary alicyclic amines) is 1. The van der Waals surface area contributed by atoms with Crippen molar-refractivity contribution in [3.63, 3.8) is 0 Å². The van der Waals surface area contributed by atoms with Gasteiger partial charge in [-0.2, -0.15) is 0 Å². The van der Waals surface area contributed by atoms with Gasteiger partial charge in [0.05, 0.1) is 10.1 Å². The van der Waals surface area contributed by atoms with Gasteiger partial charge in [-0.15, -0.1) is 11.8 Å². The van der Waals surface area contributed by atoms with Crippen molar-refractivity contribution in [3.05, 3.63) is 29.8 Å². The molecular formula is C26H36N4O3S. The number of fused-ring (bicyclic) bond motifs is 1. The molecule has 1 aliphatic carbocycles. The summed E-state index contributed by atoms with van der Waals surface area (Å²) in [4.78, 5) is 44.9. The van der Waals surface area contributed by atoms with E-state index in [2.05, 4.69) is 30.1 Å². The summed E-state index contributed by atoms with van der Waals surface area (Å²) < 4.78 is 0. The van der Waals surface area contributed by atoms with E-state index >= 15 is 0 Å². The van der Waals surface area contributed by atoms with Crippen LogP contribution < -0.4 is 5.32 Å². The van der Waals surface area contributed by atoms with E-state index in [1.165, 1.54) is 6.42 Å². The number of nitrogens with zero attached hydrogens (tertiary/aromatic N) is 3. The minimum absolute atomic E-state index is 0.0521. The predicted octanol–water partition coefficient (Wildman–Crippen LogP) is 4.29. The molecule has 184 valence electrons. The zero-order chi connectivity index (χ0) is 23.9. The molecule has 1 spiro atoms. The van der Waals surface area contributed by atoms with Gasteiger partial charge >= 0.3 is 6.03 Å². The van der Waals surface area contributed by atoms with Crippen molar-refractivity contribution >= 4 is 35.3 Å². The van der Waals surface area contributed by atoms with Gasteiger partial charge < -0.3 is 20.0 Å². The molecule has 1 atom stereocenters. The fourth-order valence-corrected chi connectivity index (χ4v) is 7.50. The minimum Gasteiger partial charge on any atom is -0.342 e. The third-order valence-corrected chi connectivity index (χ3v) is 9.66. The molecule has 3 heterocycles. The number of rotatable bonds is 6. The van der Waals surface area contributed by atoms with E-state index in [4.69, 9.17) is 0 Å². The molecule has 3 aliphatic heterocycles. The Morgan fingerprint density at radius 3 is 2.59 bits per heavy atom. The minimum atomic E-state index is -0.248. The van der Waals surface area contributed by atoms with Crippen LogP contribution in [0, 0.1) is 5.92 Å². The molecule has 1 aromatic rings. The van der Waals surface area contributed by atoms with Crippen LogP contribution in [0.2, 0.25) is 0 Å². The number of carbonyl (C=O) groups is 3. The van der Waals surface area contributed by atoms with E-state index < -0.39 is 0 Å². The standard InChI is InChI=1S/C26H36N4O3S/c1-18(2)8-15-30-24(32)22(34-26(30)11-5-12-26)16-23(31)28-13-9-20(10-14-28)29-17-19-6-3-4-7-21(19)27-25(29)33/h3-4,6-7,18,20,22H,5,8-17H2,1-2H3,(H,27,33). The highest BCUT2D eigenvalue weighted by Crippen LogP contribution is 2.54. The van der Waals surface area contributed by atoms with Crippen molar-refractivity contribution in [2.24, 2.45) is 5.92 Å². The topological polar surface area (TPSA) is 73.0 Å². The molecule has 1 unspecified atom stereocenters. The summed E-state index contributed by atoms with van der Waals surface area (Å²) in [5.74, 6) is 0.808. The number of urea groups is 1. The number of hydrogen-bond acceptors (Lipinski definition) is 4. The lowest BCUT2D eigenvalue weighted by Crippen LogP contribution is -2.51. The van der Waals surface area contributed by atoms with Crippen molar-refractivity contribution in [1.82, 2.24) is 14.7 Å². The molecule has 4 aliphatic rings. The molecule has 5 rings (SSSR count). The van der Waals surface area contributed by atoms with E-state index in [0.717, 1.165) is 49.9 Å². The van der Waals surface area contributed by atoms with E-state index in [1.807, 2.05) is 28.0 Å². The summed E-state index contributed by atoms with van der Waals surface area (Å²) in [5, 5.41) is 2.75. The van der Waals surface area contributed by atoms with Crippen LogP contribution in [0.25, 0.3) is 0 Å². The second kappa shape index (κ2) is 9.44. The smallest absolute Gasteiger partial charge is 0.322 e. The van der Waals surface area contributed by atoms with Gasteiger partial charge in [0.2, 0.25) is 11.8 Å². The van der Waals surface area contributed by atoms with Crippen molar-refractivity contribution in [2.45, 2.75) is 81.5 Å². The molecule has 1 N–H and O–H groups in total. The second-order valence-electron chi connectivity index (χ2n) is 10.6. The zero-order valence-corrected chi connectivity index (χ0v) is 21.1. The number of carbonyl (C=O) groups excluding carboxylic acids is 3. The Kier molecular flexibility index (Phi) is 6.53. The fraction of sp³-hybridized carbons (Fsp3) is 0.654. The van der Waals surface area contributed by atoms with Crippen LogP contribution >= 0.6 is 11.8 Å². The first-order chi connectivity index (χ1) is 16.4.